The molecule has 1 aromatic rings. The fourth-order valence-corrected chi connectivity index (χ4v) is 1.98. The van der Waals surface area contributed by atoms with Crippen molar-refractivity contribution in [2.24, 2.45) is 5.92 Å². The first-order valence-electron chi connectivity index (χ1n) is 5.50. The second-order valence-electron chi connectivity index (χ2n) is 4.49. The molecular weight excluding hydrogens is 172 g/mol. The first-order valence-corrected chi connectivity index (χ1v) is 5.50. The Morgan fingerprint density at radius 2 is 2.21 bits per heavy atom. The highest BCUT2D eigenvalue weighted by Crippen LogP contribution is 2.26. The maximum absolute atomic E-state index is 5.65. The SMILES string of the molecule is CC(C)Cc1ccc2c(c1)OCCC2. The van der Waals surface area contributed by atoms with Crippen molar-refractivity contribution in [3.8, 4) is 5.75 Å². The van der Waals surface area contributed by atoms with Crippen LogP contribution in [-0.2, 0) is 12.8 Å². The van der Waals surface area contributed by atoms with Crippen LogP contribution in [0.15, 0.2) is 18.2 Å². The first-order chi connectivity index (χ1) is 6.75. The molecule has 0 bridgehead atoms. The second kappa shape index (κ2) is 4.04. The van der Waals surface area contributed by atoms with Gasteiger partial charge in [-0.2, -0.15) is 0 Å². The van der Waals surface area contributed by atoms with Crippen LogP contribution in [0.3, 0.4) is 0 Å². The van der Waals surface area contributed by atoms with E-state index in [1.165, 1.54) is 17.5 Å². The highest BCUT2D eigenvalue weighted by Gasteiger charge is 2.10. The van der Waals surface area contributed by atoms with Crippen LogP contribution in [0.25, 0.3) is 0 Å². The zero-order chi connectivity index (χ0) is 9.97. The molecule has 0 fully saturated rings. The van der Waals surface area contributed by atoms with E-state index in [4.69, 9.17) is 4.74 Å². The van der Waals surface area contributed by atoms with Gasteiger partial charge >= 0.3 is 0 Å². The highest BCUT2D eigenvalue weighted by atomic mass is 16.5. The van der Waals surface area contributed by atoms with E-state index in [1.807, 2.05) is 0 Å². The molecule has 0 aliphatic carbocycles. The third-order valence-corrected chi connectivity index (χ3v) is 2.62. The van der Waals surface area contributed by atoms with Crippen LogP contribution >= 0.6 is 0 Å². The maximum Gasteiger partial charge on any atom is 0.122 e. The van der Waals surface area contributed by atoms with Crippen molar-refractivity contribution in [1.82, 2.24) is 0 Å². The second-order valence-corrected chi connectivity index (χ2v) is 4.49. The Hall–Kier alpha value is -0.980. The zero-order valence-electron chi connectivity index (χ0n) is 9.05. The van der Waals surface area contributed by atoms with Crippen LogP contribution < -0.4 is 4.74 Å². The van der Waals surface area contributed by atoms with Gasteiger partial charge in [0.1, 0.15) is 5.75 Å². The monoisotopic (exact) mass is 190 g/mol. The van der Waals surface area contributed by atoms with Gasteiger partial charge < -0.3 is 4.74 Å². The molecule has 1 heterocycles. The largest absolute Gasteiger partial charge is 0.493 e. The topological polar surface area (TPSA) is 9.23 Å². The van der Waals surface area contributed by atoms with Gasteiger partial charge in [-0.15, -0.1) is 0 Å². The lowest BCUT2D eigenvalue weighted by atomic mass is 9.99. The van der Waals surface area contributed by atoms with Gasteiger partial charge in [-0.05, 0) is 42.4 Å². The minimum atomic E-state index is 0.719. The Labute approximate surface area is 86.1 Å². The van der Waals surface area contributed by atoms with Gasteiger partial charge in [-0.1, -0.05) is 26.0 Å². The van der Waals surface area contributed by atoms with Crippen molar-refractivity contribution in [3.63, 3.8) is 0 Å². The van der Waals surface area contributed by atoms with Crippen LogP contribution in [0.2, 0.25) is 0 Å². The molecule has 0 atom stereocenters. The Kier molecular flexibility index (Phi) is 2.76. The molecular formula is C13H18O. The summed E-state index contributed by atoms with van der Waals surface area (Å²) in [6.07, 6.45) is 3.49. The quantitative estimate of drug-likeness (QED) is 0.695. The van der Waals surface area contributed by atoms with Crippen LogP contribution in [0, 0.1) is 5.92 Å². The van der Waals surface area contributed by atoms with E-state index >= 15 is 0 Å². The van der Waals surface area contributed by atoms with Gasteiger partial charge in [0.25, 0.3) is 0 Å². The lowest BCUT2D eigenvalue weighted by Crippen LogP contribution is -2.08. The normalized spacial score (nSPS) is 15.1. The number of aryl methyl sites for hydroxylation is 1. The molecule has 0 aromatic heterocycles. The number of hydrogen-bond donors (Lipinski definition) is 0. The summed E-state index contributed by atoms with van der Waals surface area (Å²) >= 11 is 0. The summed E-state index contributed by atoms with van der Waals surface area (Å²) in [7, 11) is 0. The summed E-state index contributed by atoms with van der Waals surface area (Å²) in [6, 6.07) is 6.69. The van der Waals surface area contributed by atoms with E-state index in [-0.39, 0.29) is 0 Å². The van der Waals surface area contributed by atoms with Crippen molar-refractivity contribution >= 4 is 0 Å². The third-order valence-electron chi connectivity index (χ3n) is 2.62. The van der Waals surface area contributed by atoms with Gasteiger partial charge in [0, 0.05) is 0 Å². The van der Waals surface area contributed by atoms with E-state index in [0.717, 1.165) is 31.1 Å². The average Bonchev–Trinajstić information content (AvgIpc) is 2.17. The molecule has 0 radical (unpaired) electrons. The van der Waals surface area contributed by atoms with E-state index in [9.17, 15) is 0 Å². The Balaban J connectivity index is 2.20. The molecule has 1 aliphatic rings. The summed E-state index contributed by atoms with van der Waals surface area (Å²) in [5.74, 6) is 1.84. The van der Waals surface area contributed by atoms with Gasteiger partial charge in [0.2, 0.25) is 0 Å². The summed E-state index contributed by atoms with van der Waals surface area (Å²) in [4.78, 5) is 0. The number of rotatable bonds is 2. The first kappa shape index (κ1) is 9.57. The van der Waals surface area contributed by atoms with Gasteiger partial charge in [0.15, 0.2) is 0 Å². The van der Waals surface area contributed by atoms with Crippen molar-refractivity contribution in [3.05, 3.63) is 29.3 Å². The van der Waals surface area contributed by atoms with Crippen LogP contribution in [-0.4, -0.2) is 6.61 Å². The predicted octanol–water partition coefficient (Wildman–Crippen LogP) is 3.21. The Morgan fingerprint density at radius 3 is 3.00 bits per heavy atom. The lowest BCUT2D eigenvalue weighted by Gasteiger charge is -2.18. The predicted molar refractivity (Wildman–Crippen MR) is 58.8 cm³/mol. The van der Waals surface area contributed by atoms with Crippen LogP contribution in [0.5, 0.6) is 5.75 Å². The molecule has 1 heteroatoms. The van der Waals surface area contributed by atoms with Crippen molar-refractivity contribution in [1.29, 1.82) is 0 Å². The minimum Gasteiger partial charge on any atom is -0.493 e. The summed E-state index contributed by atoms with van der Waals surface area (Å²) in [5, 5.41) is 0. The molecule has 76 valence electrons. The Morgan fingerprint density at radius 1 is 1.36 bits per heavy atom. The van der Waals surface area contributed by atoms with E-state index in [0.29, 0.717) is 0 Å². The third kappa shape index (κ3) is 2.09. The van der Waals surface area contributed by atoms with Crippen molar-refractivity contribution in [2.45, 2.75) is 33.1 Å². The molecule has 0 unspecified atom stereocenters. The van der Waals surface area contributed by atoms with Crippen LogP contribution in [0.1, 0.15) is 31.4 Å². The van der Waals surface area contributed by atoms with Gasteiger partial charge in [-0.3, -0.25) is 0 Å². The van der Waals surface area contributed by atoms with E-state index in [2.05, 4.69) is 32.0 Å². The number of benzene rings is 1. The smallest absolute Gasteiger partial charge is 0.122 e. The fraction of sp³-hybridized carbons (Fsp3) is 0.538. The van der Waals surface area contributed by atoms with Gasteiger partial charge in [-0.25, -0.2) is 0 Å². The Bertz CT molecular complexity index is 315. The molecule has 0 spiro atoms. The van der Waals surface area contributed by atoms with Gasteiger partial charge in [0.05, 0.1) is 6.61 Å². The molecule has 1 aromatic carbocycles. The molecule has 0 saturated heterocycles. The number of fused-ring (bicyclic) bond motifs is 1. The number of ether oxygens (including phenoxy) is 1. The molecule has 0 N–H and O–H groups in total. The summed E-state index contributed by atoms with van der Waals surface area (Å²) in [5.41, 5.74) is 2.78. The average molecular weight is 190 g/mol. The molecule has 14 heavy (non-hydrogen) atoms. The summed E-state index contributed by atoms with van der Waals surface area (Å²) < 4.78 is 5.65. The molecule has 1 nitrogen and oxygen atoms in total. The lowest BCUT2D eigenvalue weighted by molar-refractivity contribution is 0.288. The van der Waals surface area contributed by atoms with Crippen molar-refractivity contribution < 1.29 is 4.74 Å². The molecule has 1 aliphatic heterocycles. The molecule has 0 saturated carbocycles. The summed E-state index contributed by atoms with van der Waals surface area (Å²) in [6.45, 7) is 5.39. The molecule has 0 amide bonds. The molecule has 2 rings (SSSR count). The maximum atomic E-state index is 5.65. The fourth-order valence-electron chi connectivity index (χ4n) is 1.98. The minimum absolute atomic E-state index is 0.719. The standard InChI is InChI=1S/C13H18O/c1-10(2)8-11-5-6-12-4-3-7-14-13(12)9-11/h5-6,9-10H,3-4,7-8H2,1-2H3. The van der Waals surface area contributed by atoms with E-state index < -0.39 is 0 Å². The van der Waals surface area contributed by atoms with Crippen molar-refractivity contribution in [2.75, 3.05) is 6.61 Å². The zero-order valence-corrected chi connectivity index (χ0v) is 9.05. The van der Waals surface area contributed by atoms with E-state index in [1.54, 1.807) is 0 Å². The highest BCUT2D eigenvalue weighted by molar-refractivity contribution is 5.38. The van der Waals surface area contributed by atoms with Crippen LogP contribution in [0.4, 0.5) is 0 Å². The number of hydrogen-bond acceptors (Lipinski definition) is 1.